The van der Waals surface area contributed by atoms with Gasteiger partial charge in [0.2, 0.25) is 0 Å². The molecular weight excluding hydrogens is 304 g/mol. The third-order valence-electron chi connectivity index (χ3n) is 5.78. The van der Waals surface area contributed by atoms with Crippen LogP contribution >= 0.6 is 24.4 Å². The molecule has 0 aromatic heterocycles. The predicted octanol–water partition coefficient (Wildman–Crippen LogP) is 0.287. The van der Waals surface area contributed by atoms with Crippen LogP contribution in [0.3, 0.4) is 0 Å². The van der Waals surface area contributed by atoms with E-state index in [4.69, 9.17) is 35.9 Å². The molecule has 0 aromatic rings. The van der Waals surface area contributed by atoms with E-state index in [0.717, 1.165) is 36.5 Å². The highest BCUT2D eigenvalue weighted by Crippen LogP contribution is 2.68. The maximum atomic E-state index is 5.49. The van der Waals surface area contributed by atoms with E-state index in [1.165, 1.54) is 17.8 Å². The van der Waals surface area contributed by atoms with Crippen molar-refractivity contribution in [1.29, 1.82) is 0 Å². The molecule has 8 heteroatoms. The van der Waals surface area contributed by atoms with Gasteiger partial charge in [0.25, 0.3) is 0 Å². The first-order valence-electron chi connectivity index (χ1n) is 7.30. The molecule has 2 bridgehead atoms. The average Bonchev–Trinajstić information content (AvgIpc) is 3.03. The van der Waals surface area contributed by atoms with E-state index in [0.29, 0.717) is 11.8 Å². The van der Waals surface area contributed by atoms with Gasteiger partial charge < -0.3 is 11.5 Å². The second kappa shape index (κ2) is 4.61. The molecule has 4 fully saturated rings. The molecule has 21 heavy (non-hydrogen) atoms. The summed E-state index contributed by atoms with van der Waals surface area (Å²) in [4.78, 5) is 0. The lowest BCUT2D eigenvalue weighted by Gasteiger charge is -2.24. The van der Waals surface area contributed by atoms with E-state index in [9.17, 15) is 0 Å². The van der Waals surface area contributed by atoms with E-state index in [-0.39, 0.29) is 10.2 Å². The summed E-state index contributed by atoms with van der Waals surface area (Å²) in [5.41, 5.74) is 18.9. The van der Waals surface area contributed by atoms with Gasteiger partial charge in [-0.05, 0) is 67.4 Å². The van der Waals surface area contributed by atoms with Crippen LogP contribution in [-0.4, -0.2) is 21.6 Å². The Balaban J connectivity index is 1.63. The minimum absolute atomic E-state index is 0.227. The fourth-order valence-electron chi connectivity index (χ4n) is 5.42. The number of nitrogens with zero attached hydrogens (tertiary/aromatic N) is 2. The van der Waals surface area contributed by atoms with Gasteiger partial charge in [0, 0.05) is 23.3 Å². The van der Waals surface area contributed by atoms with Gasteiger partial charge in [-0.25, -0.2) is 0 Å². The Labute approximate surface area is 133 Å². The van der Waals surface area contributed by atoms with E-state index >= 15 is 0 Å². The largest absolute Gasteiger partial charge is 0.375 e. The van der Waals surface area contributed by atoms with Gasteiger partial charge in [0.15, 0.2) is 10.2 Å². The Bertz CT molecular complexity index is 531. The summed E-state index contributed by atoms with van der Waals surface area (Å²) in [5.74, 6) is 4.00. The lowest BCUT2D eigenvalue weighted by molar-refractivity contribution is 0.242. The second-order valence-electron chi connectivity index (χ2n) is 6.51. The normalized spacial score (nSPS) is 45.5. The zero-order chi connectivity index (χ0) is 14.7. The third kappa shape index (κ3) is 1.88. The smallest absolute Gasteiger partial charge is 0.184 e. The Morgan fingerprint density at radius 1 is 0.857 bits per heavy atom. The van der Waals surface area contributed by atoms with Gasteiger partial charge >= 0.3 is 0 Å². The highest BCUT2D eigenvalue weighted by atomic mass is 32.1. The molecule has 4 saturated carbocycles. The van der Waals surface area contributed by atoms with Crippen LogP contribution in [0, 0.1) is 35.5 Å². The van der Waals surface area contributed by atoms with Crippen molar-refractivity contribution >= 4 is 46.1 Å². The van der Waals surface area contributed by atoms with Crippen molar-refractivity contribution in [2.75, 3.05) is 0 Å². The fraction of sp³-hybridized carbons (Fsp3) is 0.692. The second-order valence-corrected chi connectivity index (χ2v) is 7.39. The molecule has 4 rings (SSSR count). The molecule has 6 N–H and O–H groups in total. The summed E-state index contributed by atoms with van der Waals surface area (Å²) in [7, 11) is 0. The highest BCUT2D eigenvalue weighted by Gasteiger charge is 2.67. The minimum atomic E-state index is 0.227. The fourth-order valence-corrected chi connectivity index (χ4v) is 5.51. The summed E-state index contributed by atoms with van der Waals surface area (Å²) >= 11 is 9.70. The van der Waals surface area contributed by atoms with Gasteiger partial charge in [-0.3, -0.25) is 10.9 Å². The van der Waals surface area contributed by atoms with Crippen molar-refractivity contribution < 1.29 is 0 Å². The summed E-state index contributed by atoms with van der Waals surface area (Å²) in [6.45, 7) is 0. The quantitative estimate of drug-likeness (QED) is 0.430. The van der Waals surface area contributed by atoms with E-state index in [2.05, 4.69) is 21.1 Å². The van der Waals surface area contributed by atoms with Crippen molar-refractivity contribution in [2.45, 2.75) is 19.3 Å². The van der Waals surface area contributed by atoms with Crippen LogP contribution in [0.25, 0.3) is 0 Å². The molecule has 6 nitrogen and oxygen atoms in total. The monoisotopic (exact) mass is 322 g/mol. The predicted molar refractivity (Wildman–Crippen MR) is 89.5 cm³/mol. The molecule has 0 aliphatic heterocycles. The topological polar surface area (TPSA) is 101 Å². The van der Waals surface area contributed by atoms with Crippen LogP contribution < -0.4 is 22.3 Å². The number of thiocarbonyl (C=S) groups is 2. The maximum Gasteiger partial charge on any atom is 0.184 e. The van der Waals surface area contributed by atoms with Crippen LogP contribution in [0.5, 0.6) is 0 Å². The number of hydrogen-bond donors (Lipinski definition) is 4. The number of fused-ring (bicyclic) bond motifs is 2. The van der Waals surface area contributed by atoms with Gasteiger partial charge in [0.05, 0.1) is 0 Å². The molecule has 6 atom stereocenters. The summed E-state index contributed by atoms with van der Waals surface area (Å²) in [6.07, 6.45) is 3.47. The Morgan fingerprint density at radius 2 is 1.29 bits per heavy atom. The van der Waals surface area contributed by atoms with Crippen molar-refractivity contribution in [3.8, 4) is 0 Å². The molecule has 4 aliphatic rings. The molecule has 0 radical (unpaired) electrons. The van der Waals surface area contributed by atoms with Crippen LogP contribution in [0.15, 0.2) is 10.2 Å². The molecule has 0 heterocycles. The van der Waals surface area contributed by atoms with Crippen molar-refractivity contribution in [3.05, 3.63) is 0 Å². The molecule has 4 aliphatic carbocycles. The van der Waals surface area contributed by atoms with Crippen molar-refractivity contribution in [1.82, 2.24) is 10.9 Å². The van der Waals surface area contributed by atoms with Crippen LogP contribution in [0.1, 0.15) is 19.3 Å². The summed E-state index contributed by atoms with van der Waals surface area (Å²) in [6, 6.07) is 0. The van der Waals surface area contributed by atoms with E-state index < -0.39 is 0 Å². The first kappa shape index (κ1) is 13.4. The third-order valence-corrected chi connectivity index (χ3v) is 5.96. The number of hydrazone groups is 2. The van der Waals surface area contributed by atoms with E-state index in [1.807, 2.05) is 0 Å². The first-order chi connectivity index (χ1) is 10.1. The standard InChI is InChI=1S/C13H18N6S2/c14-12(20)18-16-8-2-4-5-3-9(17-19-13(15)21)11-7(5)1-6(4)10(8)11/h4-7,10-11H,1-3H2,(H3,14,18,20)(H3,15,19,21)/b16-8+,17-9+/t4-,5-,6-,7-,10-,11+/m1/s1. The molecule has 0 amide bonds. The molecular formula is C13H18N6S2. The SMILES string of the molecule is NC(=S)N/N=C1\C[C@@H]2[C@H]3C/C(=N\NC(N)=S)[C@H]4[C@@H]3C[C@H]2[C@@H]14. The van der Waals surface area contributed by atoms with Gasteiger partial charge in [-0.1, -0.05) is 0 Å². The summed E-state index contributed by atoms with van der Waals surface area (Å²) < 4.78 is 0. The van der Waals surface area contributed by atoms with Crippen LogP contribution in [0.4, 0.5) is 0 Å². The number of rotatable bonds is 2. The zero-order valence-electron chi connectivity index (χ0n) is 11.5. The Kier molecular flexibility index (Phi) is 2.94. The molecule has 0 spiro atoms. The Morgan fingerprint density at radius 3 is 1.67 bits per heavy atom. The number of nitrogens with two attached hydrogens (primary N) is 2. The van der Waals surface area contributed by atoms with Crippen LogP contribution in [0.2, 0.25) is 0 Å². The molecule has 0 saturated heterocycles. The van der Waals surface area contributed by atoms with Crippen molar-refractivity contribution in [2.24, 2.45) is 57.2 Å². The lowest BCUT2D eigenvalue weighted by Crippen LogP contribution is -2.31. The van der Waals surface area contributed by atoms with Gasteiger partial charge in [0.1, 0.15) is 0 Å². The number of hydrogen-bond acceptors (Lipinski definition) is 4. The van der Waals surface area contributed by atoms with E-state index in [1.54, 1.807) is 0 Å². The molecule has 0 aromatic carbocycles. The molecule has 112 valence electrons. The van der Waals surface area contributed by atoms with Gasteiger partial charge in [-0.15, -0.1) is 0 Å². The first-order valence-corrected chi connectivity index (χ1v) is 8.11. The minimum Gasteiger partial charge on any atom is -0.375 e. The van der Waals surface area contributed by atoms with Gasteiger partial charge in [-0.2, -0.15) is 10.2 Å². The zero-order valence-corrected chi connectivity index (χ0v) is 13.1. The highest BCUT2D eigenvalue weighted by molar-refractivity contribution is 7.80. The summed E-state index contributed by atoms with van der Waals surface area (Å²) in [5, 5.41) is 9.39. The van der Waals surface area contributed by atoms with Crippen molar-refractivity contribution in [3.63, 3.8) is 0 Å². The average molecular weight is 322 g/mol. The molecule has 0 unspecified atom stereocenters. The van der Waals surface area contributed by atoms with Crippen LogP contribution in [-0.2, 0) is 0 Å². The lowest BCUT2D eigenvalue weighted by atomic mass is 9.79. The number of nitrogens with one attached hydrogen (secondary N) is 2. The maximum absolute atomic E-state index is 5.49. The Hall–Kier alpha value is -1.28.